The molecule has 1 amide bonds. The molecule has 1 fully saturated rings. The van der Waals surface area contributed by atoms with Crippen LogP contribution in [0.1, 0.15) is 12.8 Å². The van der Waals surface area contributed by atoms with Crippen molar-refractivity contribution < 1.29 is 14.7 Å². The van der Waals surface area contributed by atoms with Crippen molar-refractivity contribution in [3.8, 4) is 0 Å². The van der Waals surface area contributed by atoms with E-state index in [4.69, 9.17) is 10.8 Å². The van der Waals surface area contributed by atoms with Gasteiger partial charge in [0, 0.05) is 6.54 Å². The summed E-state index contributed by atoms with van der Waals surface area (Å²) in [6, 6.07) is -0.652. The highest BCUT2D eigenvalue weighted by Gasteiger charge is 2.32. The van der Waals surface area contributed by atoms with Crippen LogP contribution in [0.3, 0.4) is 0 Å². The molecule has 0 aliphatic carbocycles. The zero-order chi connectivity index (χ0) is 9.14. The second-order valence-corrected chi connectivity index (χ2v) is 2.79. The van der Waals surface area contributed by atoms with Gasteiger partial charge in [-0.15, -0.1) is 12.4 Å². The maximum Gasteiger partial charge on any atom is 0.326 e. The van der Waals surface area contributed by atoms with Crippen molar-refractivity contribution in [2.24, 2.45) is 5.73 Å². The molecule has 76 valence electrons. The number of aliphatic carboxylic acids is 1. The number of carbonyl (C=O) groups is 2. The highest BCUT2D eigenvalue weighted by molar-refractivity contribution is 5.85. The van der Waals surface area contributed by atoms with Gasteiger partial charge in [0.15, 0.2) is 0 Å². The smallest absolute Gasteiger partial charge is 0.326 e. The van der Waals surface area contributed by atoms with Crippen molar-refractivity contribution in [3.63, 3.8) is 0 Å². The Kier molecular flexibility index (Phi) is 4.72. The molecule has 0 bridgehead atoms. The van der Waals surface area contributed by atoms with E-state index in [-0.39, 0.29) is 24.9 Å². The first kappa shape index (κ1) is 12.2. The highest BCUT2D eigenvalue weighted by Crippen LogP contribution is 2.16. The molecule has 0 aromatic heterocycles. The van der Waals surface area contributed by atoms with Gasteiger partial charge >= 0.3 is 5.97 Å². The van der Waals surface area contributed by atoms with E-state index in [2.05, 4.69) is 0 Å². The second-order valence-electron chi connectivity index (χ2n) is 2.79. The monoisotopic (exact) mass is 208 g/mol. The van der Waals surface area contributed by atoms with Gasteiger partial charge in [0.25, 0.3) is 0 Å². The van der Waals surface area contributed by atoms with E-state index >= 15 is 0 Å². The third-order valence-corrected chi connectivity index (χ3v) is 2.03. The lowest BCUT2D eigenvalue weighted by molar-refractivity contribution is -0.147. The molecule has 1 aliphatic heterocycles. The Morgan fingerprint density at radius 1 is 1.54 bits per heavy atom. The molecule has 13 heavy (non-hydrogen) atoms. The molecule has 0 aromatic carbocycles. The molecule has 1 rings (SSSR count). The third-order valence-electron chi connectivity index (χ3n) is 2.03. The minimum Gasteiger partial charge on any atom is -0.480 e. The summed E-state index contributed by atoms with van der Waals surface area (Å²) >= 11 is 0. The zero-order valence-electron chi connectivity index (χ0n) is 7.10. The van der Waals surface area contributed by atoms with Crippen LogP contribution in [0.15, 0.2) is 0 Å². The first-order chi connectivity index (χ1) is 5.66. The fraction of sp³-hybridized carbons (Fsp3) is 0.714. The standard InChI is InChI=1S/C7H12N2O3.ClH/c8-4-6(10)9-3-1-2-5(9)7(11)12;/h5H,1-4,8H2,(H,11,12);1H. The number of hydrogen-bond acceptors (Lipinski definition) is 3. The van der Waals surface area contributed by atoms with E-state index < -0.39 is 12.0 Å². The number of carboxylic acid groups (broad SMARTS) is 1. The summed E-state index contributed by atoms with van der Waals surface area (Å²) in [5.74, 6) is -1.21. The molecule has 0 aromatic rings. The van der Waals surface area contributed by atoms with Crippen LogP contribution < -0.4 is 5.73 Å². The number of hydrogen-bond donors (Lipinski definition) is 2. The molecule has 0 spiro atoms. The summed E-state index contributed by atoms with van der Waals surface area (Å²) in [4.78, 5) is 23.0. The van der Waals surface area contributed by atoms with Crippen LogP contribution in [0.4, 0.5) is 0 Å². The van der Waals surface area contributed by atoms with Gasteiger partial charge in [-0.25, -0.2) is 4.79 Å². The van der Waals surface area contributed by atoms with Gasteiger partial charge in [0.1, 0.15) is 6.04 Å². The summed E-state index contributed by atoms with van der Waals surface area (Å²) in [7, 11) is 0. The van der Waals surface area contributed by atoms with E-state index in [0.717, 1.165) is 6.42 Å². The molecule has 1 atom stereocenters. The van der Waals surface area contributed by atoms with Crippen molar-refractivity contribution in [3.05, 3.63) is 0 Å². The number of rotatable bonds is 2. The average Bonchev–Trinajstić information content (AvgIpc) is 2.50. The van der Waals surface area contributed by atoms with Crippen molar-refractivity contribution in [2.45, 2.75) is 18.9 Å². The van der Waals surface area contributed by atoms with E-state index in [0.29, 0.717) is 13.0 Å². The molecular formula is C7H13ClN2O3. The van der Waals surface area contributed by atoms with E-state index in [1.807, 2.05) is 0 Å². The van der Waals surface area contributed by atoms with Crippen LogP contribution in [-0.2, 0) is 9.59 Å². The van der Waals surface area contributed by atoms with Crippen LogP contribution in [-0.4, -0.2) is 41.0 Å². The predicted molar refractivity (Wildman–Crippen MR) is 48.7 cm³/mol. The van der Waals surface area contributed by atoms with Gasteiger partial charge in [-0.2, -0.15) is 0 Å². The molecule has 1 heterocycles. The molecule has 1 saturated heterocycles. The lowest BCUT2D eigenvalue weighted by Gasteiger charge is -2.20. The normalized spacial score (nSPS) is 21.0. The van der Waals surface area contributed by atoms with E-state index in [1.54, 1.807) is 0 Å². The molecule has 1 unspecified atom stereocenters. The van der Waals surface area contributed by atoms with Gasteiger partial charge in [0.05, 0.1) is 6.54 Å². The zero-order valence-corrected chi connectivity index (χ0v) is 7.92. The molecule has 6 heteroatoms. The number of carbonyl (C=O) groups excluding carboxylic acids is 1. The Morgan fingerprint density at radius 2 is 2.15 bits per heavy atom. The van der Waals surface area contributed by atoms with Crippen molar-refractivity contribution >= 4 is 24.3 Å². The Labute approximate surface area is 82.3 Å². The summed E-state index contributed by atoms with van der Waals surface area (Å²) in [6.07, 6.45) is 1.30. The highest BCUT2D eigenvalue weighted by atomic mass is 35.5. The molecule has 1 aliphatic rings. The summed E-state index contributed by atoms with van der Waals surface area (Å²) in [5.41, 5.74) is 5.13. The topological polar surface area (TPSA) is 83.6 Å². The largest absolute Gasteiger partial charge is 0.480 e. The first-order valence-electron chi connectivity index (χ1n) is 3.89. The molecular weight excluding hydrogens is 196 g/mol. The SMILES string of the molecule is Cl.NCC(=O)N1CCCC1C(=O)O. The lowest BCUT2D eigenvalue weighted by atomic mass is 10.2. The molecule has 5 nitrogen and oxygen atoms in total. The Morgan fingerprint density at radius 3 is 2.62 bits per heavy atom. The third kappa shape index (κ3) is 2.57. The molecule has 0 radical (unpaired) electrons. The van der Waals surface area contributed by atoms with Crippen molar-refractivity contribution in [2.75, 3.05) is 13.1 Å². The quantitative estimate of drug-likeness (QED) is 0.638. The second kappa shape index (κ2) is 5.04. The van der Waals surface area contributed by atoms with Crippen molar-refractivity contribution in [1.82, 2.24) is 4.90 Å². The number of nitrogens with zero attached hydrogens (tertiary/aromatic N) is 1. The minimum atomic E-state index is -0.936. The van der Waals surface area contributed by atoms with E-state index in [1.165, 1.54) is 4.90 Å². The Balaban J connectivity index is 0.00000144. The summed E-state index contributed by atoms with van der Waals surface area (Å²) < 4.78 is 0. The first-order valence-corrected chi connectivity index (χ1v) is 3.89. The molecule has 0 saturated carbocycles. The predicted octanol–water partition coefficient (Wildman–Crippen LogP) is -0.558. The minimum absolute atomic E-state index is 0. The van der Waals surface area contributed by atoms with Gasteiger partial charge in [0.2, 0.25) is 5.91 Å². The van der Waals surface area contributed by atoms with Gasteiger partial charge in [-0.05, 0) is 12.8 Å². The van der Waals surface area contributed by atoms with Crippen LogP contribution in [0.5, 0.6) is 0 Å². The maximum absolute atomic E-state index is 11.1. The fourth-order valence-electron chi connectivity index (χ4n) is 1.44. The van der Waals surface area contributed by atoms with Crippen molar-refractivity contribution in [1.29, 1.82) is 0 Å². The van der Waals surface area contributed by atoms with Gasteiger partial charge in [-0.3, -0.25) is 4.79 Å². The number of halogens is 1. The van der Waals surface area contributed by atoms with Crippen LogP contribution in [0, 0.1) is 0 Å². The lowest BCUT2D eigenvalue weighted by Crippen LogP contribution is -2.43. The fourth-order valence-corrected chi connectivity index (χ4v) is 1.44. The number of amides is 1. The van der Waals surface area contributed by atoms with Gasteiger partial charge in [-0.1, -0.05) is 0 Å². The average molecular weight is 209 g/mol. The van der Waals surface area contributed by atoms with Gasteiger partial charge < -0.3 is 15.7 Å². The maximum atomic E-state index is 11.1. The number of likely N-dealkylation sites (tertiary alicyclic amines) is 1. The van der Waals surface area contributed by atoms with Crippen LogP contribution in [0.25, 0.3) is 0 Å². The van der Waals surface area contributed by atoms with Crippen LogP contribution in [0.2, 0.25) is 0 Å². The summed E-state index contributed by atoms with van der Waals surface area (Å²) in [6.45, 7) is 0.413. The van der Waals surface area contributed by atoms with E-state index in [9.17, 15) is 9.59 Å². The number of carboxylic acids is 1. The molecule has 3 N–H and O–H groups in total. The number of nitrogens with two attached hydrogens (primary N) is 1. The summed E-state index contributed by atoms with van der Waals surface area (Å²) in [5, 5.41) is 8.69. The Hall–Kier alpha value is -0.810. The Bertz CT molecular complexity index is 210. The van der Waals surface area contributed by atoms with Crippen LogP contribution >= 0.6 is 12.4 Å².